The van der Waals surface area contributed by atoms with Gasteiger partial charge in [-0.3, -0.25) is 14.4 Å². The van der Waals surface area contributed by atoms with Gasteiger partial charge >= 0.3 is 5.97 Å². The fourth-order valence-corrected chi connectivity index (χ4v) is 3.41. The summed E-state index contributed by atoms with van der Waals surface area (Å²) in [5.41, 5.74) is 1.26. The Morgan fingerprint density at radius 3 is 2.07 bits per heavy atom. The molecule has 0 bridgehead atoms. The molecule has 7 nitrogen and oxygen atoms in total. The van der Waals surface area contributed by atoms with Gasteiger partial charge in [-0.25, -0.2) is 4.90 Å². The molecule has 1 aliphatic heterocycles. The lowest BCUT2D eigenvalue weighted by Gasteiger charge is -2.16. The summed E-state index contributed by atoms with van der Waals surface area (Å²) in [6.45, 7) is 4.22. The standard InChI is InChI=1S/C21H20BrNO6/c1-3-27-17-9-13(16(22)11-18(17)28-4-2)10-19(24)29-12-23-20(25)14-7-5-6-8-15(14)21(23)26/h5-9,11H,3-4,10,12H2,1-2H3. The molecule has 1 heterocycles. The number of carbonyl (C=O) groups is 3. The minimum Gasteiger partial charge on any atom is -0.490 e. The van der Waals surface area contributed by atoms with Gasteiger partial charge < -0.3 is 14.2 Å². The van der Waals surface area contributed by atoms with E-state index in [1.807, 2.05) is 13.8 Å². The molecule has 0 N–H and O–H groups in total. The first-order valence-corrected chi connectivity index (χ1v) is 9.94. The van der Waals surface area contributed by atoms with Gasteiger partial charge in [0.2, 0.25) is 0 Å². The molecule has 0 fully saturated rings. The lowest BCUT2D eigenvalue weighted by Crippen LogP contribution is -2.33. The Morgan fingerprint density at radius 2 is 1.52 bits per heavy atom. The summed E-state index contributed by atoms with van der Waals surface area (Å²) < 4.78 is 17.0. The van der Waals surface area contributed by atoms with Gasteiger partial charge in [0.15, 0.2) is 18.2 Å². The molecule has 152 valence electrons. The van der Waals surface area contributed by atoms with E-state index in [1.165, 1.54) is 0 Å². The second kappa shape index (κ2) is 9.09. The van der Waals surface area contributed by atoms with Crippen molar-refractivity contribution in [1.82, 2.24) is 4.90 Å². The van der Waals surface area contributed by atoms with Gasteiger partial charge in [0, 0.05) is 4.47 Å². The van der Waals surface area contributed by atoms with Crippen molar-refractivity contribution in [3.63, 3.8) is 0 Å². The number of esters is 1. The number of benzene rings is 2. The summed E-state index contributed by atoms with van der Waals surface area (Å²) in [4.78, 5) is 37.9. The first-order chi connectivity index (χ1) is 14.0. The molecule has 2 aromatic rings. The van der Waals surface area contributed by atoms with E-state index in [1.54, 1.807) is 36.4 Å². The zero-order valence-corrected chi connectivity index (χ0v) is 17.7. The average Bonchev–Trinajstić information content (AvgIpc) is 2.94. The number of hydrogen-bond donors (Lipinski definition) is 0. The topological polar surface area (TPSA) is 82.1 Å². The Morgan fingerprint density at radius 1 is 0.966 bits per heavy atom. The number of imide groups is 1. The van der Waals surface area contributed by atoms with Gasteiger partial charge in [0.1, 0.15) is 0 Å². The van der Waals surface area contributed by atoms with Gasteiger partial charge in [-0.2, -0.15) is 0 Å². The van der Waals surface area contributed by atoms with Crippen molar-refractivity contribution >= 4 is 33.7 Å². The molecule has 0 unspecified atom stereocenters. The van der Waals surface area contributed by atoms with Crippen LogP contribution in [0.25, 0.3) is 0 Å². The highest BCUT2D eigenvalue weighted by Gasteiger charge is 2.35. The number of fused-ring (bicyclic) bond motifs is 1. The highest BCUT2D eigenvalue weighted by molar-refractivity contribution is 9.10. The molecule has 0 radical (unpaired) electrons. The van der Waals surface area contributed by atoms with Gasteiger partial charge in [0.05, 0.1) is 30.8 Å². The molecule has 3 rings (SSSR count). The van der Waals surface area contributed by atoms with Crippen molar-refractivity contribution in [3.05, 3.63) is 57.6 Å². The number of amides is 2. The van der Waals surface area contributed by atoms with Crippen molar-refractivity contribution in [2.75, 3.05) is 19.9 Å². The Bertz CT molecular complexity index is 923. The number of rotatable bonds is 8. The third-order valence-electron chi connectivity index (χ3n) is 4.28. The fraction of sp³-hybridized carbons (Fsp3) is 0.286. The molecule has 0 atom stereocenters. The molecule has 0 saturated carbocycles. The largest absolute Gasteiger partial charge is 0.490 e. The molecule has 2 amide bonds. The SMILES string of the molecule is CCOc1cc(Br)c(CC(=O)OCN2C(=O)c3ccccc3C2=O)cc1OCC. The second-order valence-corrected chi connectivity index (χ2v) is 7.02. The number of halogens is 1. The van der Waals surface area contributed by atoms with Crippen LogP contribution in [0.3, 0.4) is 0 Å². The molecule has 0 aliphatic carbocycles. The van der Waals surface area contributed by atoms with E-state index < -0.39 is 24.5 Å². The Hall–Kier alpha value is -2.87. The van der Waals surface area contributed by atoms with E-state index in [0.29, 0.717) is 45.9 Å². The monoisotopic (exact) mass is 461 g/mol. The molecule has 0 aromatic heterocycles. The normalized spacial score (nSPS) is 12.7. The first kappa shape index (κ1) is 20.9. The highest BCUT2D eigenvalue weighted by atomic mass is 79.9. The second-order valence-electron chi connectivity index (χ2n) is 6.16. The van der Waals surface area contributed by atoms with Crippen LogP contribution in [0.5, 0.6) is 11.5 Å². The summed E-state index contributed by atoms with van der Waals surface area (Å²) in [7, 11) is 0. The molecule has 2 aromatic carbocycles. The third kappa shape index (κ3) is 4.42. The van der Waals surface area contributed by atoms with Crippen LogP contribution in [-0.2, 0) is 16.0 Å². The maximum atomic E-state index is 12.3. The van der Waals surface area contributed by atoms with Crippen LogP contribution in [0.4, 0.5) is 0 Å². The quantitative estimate of drug-likeness (QED) is 0.441. The molecule has 8 heteroatoms. The van der Waals surface area contributed by atoms with Crippen LogP contribution >= 0.6 is 15.9 Å². The average molecular weight is 462 g/mol. The summed E-state index contributed by atoms with van der Waals surface area (Å²) in [5, 5.41) is 0. The van der Waals surface area contributed by atoms with Crippen molar-refractivity contribution in [1.29, 1.82) is 0 Å². The maximum absolute atomic E-state index is 12.3. The minimum absolute atomic E-state index is 0.0593. The van der Waals surface area contributed by atoms with Crippen LogP contribution in [-0.4, -0.2) is 42.6 Å². The van der Waals surface area contributed by atoms with E-state index in [0.717, 1.165) is 4.90 Å². The van der Waals surface area contributed by atoms with Crippen LogP contribution in [0.2, 0.25) is 0 Å². The zero-order valence-electron chi connectivity index (χ0n) is 16.1. The van der Waals surface area contributed by atoms with Gasteiger partial charge in [0.25, 0.3) is 11.8 Å². The van der Waals surface area contributed by atoms with Crippen molar-refractivity contribution in [2.24, 2.45) is 0 Å². The van der Waals surface area contributed by atoms with E-state index in [4.69, 9.17) is 14.2 Å². The minimum atomic E-state index is -0.575. The van der Waals surface area contributed by atoms with Gasteiger partial charge in [-0.05, 0) is 43.7 Å². The number of hydrogen-bond acceptors (Lipinski definition) is 6. The Kier molecular flexibility index (Phi) is 6.53. The maximum Gasteiger partial charge on any atom is 0.312 e. The Labute approximate surface area is 176 Å². The Balaban J connectivity index is 1.66. The summed E-state index contributed by atoms with van der Waals surface area (Å²) >= 11 is 3.42. The molecular weight excluding hydrogens is 442 g/mol. The molecule has 29 heavy (non-hydrogen) atoms. The number of carbonyl (C=O) groups excluding carboxylic acids is 3. The van der Waals surface area contributed by atoms with Crippen molar-refractivity contribution in [3.8, 4) is 11.5 Å². The summed E-state index contributed by atoms with van der Waals surface area (Å²) in [6, 6.07) is 9.95. The van der Waals surface area contributed by atoms with E-state index in [9.17, 15) is 14.4 Å². The number of ether oxygens (including phenoxy) is 3. The zero-order chi connectivity index (χ0) is 21.0. The van der Waals surface area contributed by atoms with E-state index in [2.05, 4.69) is 15.9 Å². The molecule has 0 saturated heterocycles. The number of nitrogens with zero attached hydrogens (tertiary/aromatic N) is 1. The van der Waals surface area contributed by atoms with Crippen molar-refractivity contribution in [2.45, 2.75) is 20.3 Å². The van der Waals surface area contributed by atoms with Crippen molar-refractivity contribution < 1.29 is 28.6 Å². The van der Waals surface area contributed by atoms with E-state index >= 15 is 0 Å². The first-order valence-electron chi connectivity index (χ1n) is 9.15. The van der Waals surface area contributed by atoms with Gasteiger partial charge in [-0.15, -0.1) is 0 Å². The lowest BCUT2D eigenvalue weighted by molar-refractivity contribution is -0.145. The summed E-state index contributed by atoms with van der Waals surface area (Å²) in [5.74, 6) is -0.419. The molecular formula is C21H20BrNO6. The molecule has 0 spiro atoms. The van der Waals surface area contributed by atoms with Gasteiger partial charge in [-0.1, -0.05) is 28.1 Å². The van der Waals surface area contributed by atoms with Crippen LogP contribution in [0, 0.1) is 0 Å². The highest BCUT2D eigenvalue weighted by Crippen LogP contribution is 2.34. The predicted octanol–water partition coefficient (Wildman–Crippen LogP) is 3.59. The molecule has 1 aliphatic rings. The van der Waals surface area contributed by atoms with E-state index in [-0.39, 0.29) is 6.42 Å². The summed E-state index contributed by atoms with van der Waals surface area (Å²) in [6.07, 6.45) is -0.0593. The smallest absolute Gasteiger partial charge is 0.312 e. The fourth-order valence-electron chi connectivity index (χ4n) is 2.95. The van der Waals surface area contributed by atoms with Crippen LogP contribution < -0.4 is 9.47 Å². The van der Waals surface area contributed by atoms with Crippen LogP contribution in [0.15, 0.2) is 40.9 Å². The lowest BCUT2D eigenvalue weighted by atomic mass is 10.1. The third-order valence-corrected chi connectivity index (χ3v) is 5.02. The predicted molar refractivity (Wildman–Crippen MR) is 108 cm³/mol. The van der Waals surface area contributed by atoms with Crippen LogP contribution in [0.1, 0.15) is 40.1 Å².